The molecule has 1 aliphatic rings. The highest BCUT2D eigenvalue weighted by molar-refractivity contribution is 14.1. The number of nitriles is 2. The van der Waals surface area contributed by atoms with Gasteiger partial charge in [0.25, 0.3) is 5.56 Å². The summed E-state index contributed by atoms with van der Waals surface area (Å²) in [5, 5.41) is 19.9. The molecule has 146 valence electrons. The van der Waals surface area contributed by atoms with Crippen LogP contribution in [0.1, 0.15) is 17.0 Å². The Morgan fingerprint density at radius 2 is 1.63 bits per heavy atom. The van der Waals surface area contributed by atoms with Gasteiger partial charge in [-0.1, -0.05) is 36.4 Å². The maximum absolute atomic E-state index is 13.2. The molecule has 0 saturated carbocycles. The third-order valence-electron chi connectivity index (χ3n) is 4.80. The number of nitrogens with two attached hydrogens (primary N) is 1. The quantitative estimate of drug-likeness (QED) is 0.439. The van der Waals surface area contributed by atoms with Crippen molar-refractivity contribution < 1.29 is 0 Å². The lowest BCUT2D eigenvalue weighted by atomic mass is 9.84. The summed E-state index contributed by atoms with van der Waals surface area (Å²) in [6, 6.07) is 19.7. The van der Waals surface area contributed by atoms with Crippen molar-refractivity contribution in [2.24, 2.45) is 5.73 Å². The number of halogens is 2. The predicted octanol–water partition coefficient (Wildman–Crippen LogP) is 3.07. The molecule has 30 heavy (non-hydrogen) atoms. The minimum atomic E-state index is -0.601. The Bertz CT molecular complexity index is 1480. The van der Waals surface area contributed by atoms with Crippen LogP contribution in [0.5, 0.6) is 0 Å². The van der Waals surface area contributed by atoms with Gasteiger partial charge in [-0.3, -0.25) is 9.36 Å². The van der Waals surface area contributed by atoms with E-state index in [0.717, 1.165) is 18.3 Å². The van der Waals surface area contributed by atoms with E-state index in [1.54, 1.807) is 6.08 Å². The molecule has 5 nitrogen and oxygen atoms in total. The number of rotatable bonds is 2. The maximum atomic E-state index is 13.2. The lowest BCUT2D eigenvalue weighted by Crippen LogP contribution is -2.38. The summed E-state index contributed by atoms with van der Waals surface area (Å²) in [7, 11) is 0. The highest BCUT2D eigenvalue weighted by Crippen LogP contribution is 2.37. The van der Waals surface area contributed by atoms with Crippen molar-refractivity contribution in [3.63, 3.8) is 0 Å². The SMILES string of the molecule is N#CC1=C(N)n2c(s/c(=C/c3ccccc3I)c2=O)=C(C#N)[C@H]1c1ccccc1I. The first kappa shape index (κ1) is 20.8. The Hall–Kier alpha value is -2.41. The minimum absolute atomic E-state index is 0.0832. The van der Waals surface area contributed by atoms with Crippen LogP contribution in [-0.4, -0.2) is 4.57 Å². The second kappa shape index (κ2) is 8.38. The van der Waals surface area contributed by atoms with Gasteiger partial charge in [0, 0.05) is 7.14 Å². The molecule has 0 saturated heterocycles. The molecule has 0 fully saturated rings. The number of fused-ring (bicyclic) bond motifs is 1. The highest BCUT2D eigenvalue weighted by atomic mass is 127. The van der Waals surface area contributed by atoms with E-state index in [1.165, 1.54) is 15.9 Å². The topological polar surface area (TPSA) is 95.6 Å². The molecule has 2 aromatic carbocycles. The Kier molecular flexibility index (Phi) is 5.82. The molecule has 4 rings (SSSR count). The molecular formula is C22H12I2N4OS. The van der Waals surface area contributed by atoms with Crippen molar-refractivity contribution in [1.29, 1.82) is 10.5 Å². The normalized spacial score (nSPS) is 16.2. The minimum Gasteiger partial charge on any atom is -0.384 e. The zero-order chi connectivity index (χ0) is 21.4. The first-order chi connectivity index (χ1) is 14.5. The zero-order valence-corrected chi connectivity index (χ0v) is 20.4. The van der Waals surface area contributed by atoms with Crippen LogP contribution in [0, 0.1) is 29.8 Å². The van der Waals surface area contributed by atoms with Crippen molar-refractivity contribution in [2.75, 3.05) is 0 Å². The first-order valence-electron chi connectivity index (χ1n) is 8.75. The Morgan fingerprint density at radius 3 is 2.27 bits per heavy atom. The number of allylic oxidation sites excluding steroid dienone is 1. The number of hydrogen-bond donors (Lipinski definition) is 1. The van der Waals surface area contributed by atoms with Crippen molar-refractivity contribution in [3.05, 3.63) is 91.9 Å². The Labute approximate surface area is 203 Å². The van der Waals surface area contributed by atoms with Gasteiger partial charge in [-0.2, -0.15) is 10.5 Å². The van der Waals surface area contributed by atoms with Gasteiger partial charge < -0.3 is 5.73 Å². The molecule has 3 aromatic rings. The summed E-state index contributed by atoms with van der Waals surface area (Å²) in [4.78, 5) is 13.2. The van der Waals surface area contributed by atoms with E-state index in [2.05, 4.69) is 57.3 Å². The van der Waals surface area contributed by atoms with Crippen LogP contribution in [-0.2, 0) is 0 Å². The number of aromatic nitrogens is 1. The van der Waals surface area contributed by atoms with E-state index in [0.29, 0.717) is 14.8 Å². The van der Waals surface area contributed by atoms with Crippen LogP contribution in [0.15, 0.2) is 58.9 Å². The molecule has 0 aliphatic carbocycles. The summed E-state index contributed by atoms with van der Waals surface area (Å²) in [5.74, 6) is -0.518. The first-order valence-corrected chi connectivity index (χ1v) is 11.7. The molecule has 1 aromatic heterocycles. The molecular weight excluding hydrogens is 622 g/mol. The van der Waals surface area contributed by atoms with Gasteiger partial charge in [-0.15, -0.1) is 11.3 Å². The fourth-order valence-electron chi connectivity index (χ4n) is 3.41. The molecule has 0 unspecified atom stereocenters. The lowest BCUT2D eigenvalue weighted by molar-refractivity contribution is 0.904. The van der Waals surface area contributed by atoms with Crippen LogP contribution in [0.4, 0.5) is 0 Å². The second-order valence-corrected chi connectivity index (χ2v) is 9.82. The van der Waals surface area contributed by atoms with E-state index in [4.69, 9.17) is 5.73 Å². The van der Waals surface area contributed by atoms with Crippen molar-refractivity contribution in [2.45, 2.75) is 5.92 Å². The molecule has 0 radical (unpaired) electrons. The number of thiazole rings is 1. The van der Waals surface area contributed by atoms with Crippen LogP contribution < -0.4 is 20.5 Å². The standard InChI is InChI=1S/C22H12I2N4OS/c23-16-7-3-1-5-12(16)9-18-21(29)28-20(27)14(10-25)19(15(11-26)22(28)30-18)13-6-2-4-8-17(13)24/h1-9,19H,27H2/b18-9+/t19-/m0/s1. The predicted molar refractivity (Wildman–Crippen MR) is 134 cm³/mol. The van der Waals surface area contributed by atoms with Gasteiger partial charge >= 0.3 is 0 Å². The highest BCUT2D eigenvalue weighted by Gasteiger charge is 2.33. The molecule has 2 heterocycles. The average Bonchev–Trinajstić information content (AvgIpc) is 3.06. The third kappa shape index (κ3) is 3.39. The zero-order valence-electron chi connectivity index (χ0n) is 15.3. The van der Waals surface area contributed by atoms with Crippen LogP contribution in [0.3, 0.4) is 0 Å². The third-order valence-corrected chi connectivity index (χ3v) is 7.87. The van der Waals surface area contributed by atoms with Crippen molar-refractivity contribution in [1.82, 2.24) is 4.57 Å². The van der Waals surface area contributed by atoms with Gasteiger partial charge in [0.05, 0.1) is 33.7 Å². The Balaban J connectivity index is 2.10. The summed E-state index contributed by atoms with van der Waals surface area (Å²) >= 11 is 5.62. The van der Waals surface area contributed by atoms with Gasteiger partial charge in [0.2, 0.25) is 0 Å². The van der Waals surface area contributed by atoms with Gasteiger partial charge in [0.15, 0.2) is 0 Å². The van der Waals surface area contributed by atoms with E-state index in [9.17, 15) is 15.3 Å². The van der Waals surface area contributed by atoms with Crippen molar-refractivity contribution >= 4 is 74.0 Å². The summed E-state index contributed by atoms with van der Waals surface area (Å²) in [6.07, 6.45) is 1.80. The van der Waals surface area contributed by atoms with E-state index < -0.39 is 5.92 Å². The molecule has 1 atom stereocenters. The van der Waals surface area contributed by atoms with Gasteiger partial charge in [-0.05, 0) is 74.5 Å². The molecule has 0 amide bonds. The molecule has 1 aliphatic heterocycles. The number of benzene rings is 2. The van der Waals surface area contributed by atoms with Gasteiger partial charge in [-0.25, -0.2) is 0 Å². The second-order valence-electron chi connectivity index (χ2n) is 6.47. The van der Waals surface area contributed by atoms with Crippen LogP contribution in [0.25, 0.3) is 17.5 Å². The lowest BCUT2D eigenvalue weighted by Gasteiger charge is -2.23. The van der Waals surface area contributed by atoms with Crippen LogP contribution >= 0.6 is 56.5 Å². The van der Waals surface area contributed by atoms with Crippen molar-refractivity contribution in [3.8, 4) is 12.1 Å². The summed E-state index contributed by atoms with van der Waals surface area (Å²) < 4.78 is 4.17. The maximum Gasteiger partial charge on any atom is 0.274 e. The smallest absolute Gasteiger partial charge is 0.274 e. The molecule has 0 spiro atoms. The molecule has 2 N–H and O–H groups in total. The Morgan fingerprint density at radius 1 is 1.00 bits per heavy atom. The summed E-state index contributed by atoms with van der Waals surface area (Å²) in [5.41, 5.74) is 8.29. The monoisotopic (exact) mass is 634 g/mol. The molecule has 0 bridgehead atoms. The van der Waals surface area contributed by atoms with E-state index in [-0.39, 0.29) is 17.0 Å². The molecule has 8 heteroatoms. The van der Waals surface area contributed by atoms with Gasteiger partial charge in [0.1, 0.15) is 10.5 Å². The van der Waals surface area contributed by atoms with Crippen LogP contribution in [0.2, 0.25) is 0 Å². The summed E-state index contributed by atoms with van der Waals surface area (Å²) in [6.45, 7) is 0. The fraction of sp³-hybridized carbons (Fsp3) is 0.0455. The largest absolute Gasteiger partial charge is 0.384 e. The number of hydrogen-bond acceptors (Lipinski definition) is 5. The van der Waals surface area contributed by atoms with E-state index >= 15 is 0 Å². The van der Waals surface area contributed by atoms with E-state index in [1.807, 2.05) is 48.5 Å². The fourth-order valence-corrected chi connectivity index (χ4v) is 5.77. The number of nitrogens with zero attached hydrogens (tertiary/aromatic N) is 3. The average molecular weight is 634 g/mol.